The molecule has 1 aliphatic rings. The van der Waals surface area contributed by atoms with E-state index in [9.17, 15) is 14.4 Å². The van der Waals surface area contributed by atoms with E-state index >= 15 is 0 Å². The average Bonchev–Trinajstić information content (AvgIpc) is 2.71. The van der Waals surface area contributed by atoms with Gasteiger partial charge in [0.25, 0.3) is 5.91 Å². The van der Waals surface area contributed by atoms with Crippen molar-refractivity contribution in [2.24, 2.45) is 5.92 Å². The van der Waals surface area contributed by atoms with E-state index in [0.717, 1.165) is 38.8 Å². The molecule has 154 valence electrons. The molecule has 1 aliphatic heterocycles. The molecule has 1 heterocycles. The van der Waals surface area contributed by atoms with Gasteiger partial charge in [-0.15, -0.1) is 0 Å². The first-order chi connectivity index (χ1) is 13.5. The molecule has 0 aromatic heterocycles. The van der Waals surface area contributed by atoms with Gasteiger partial charge in [0.15, 0.2) is 0 Å². The lowest BCUT2D eigenvalue weighted by Gasteiger charge is -2.32. The number of carbonyl (C=O) groups is 3. The summed E-state index contributed by atoms with van der Waals surface area (Å²) in [7, 11) is 0. The Morgan fingerprint density at radius 1 is 1.11 bits per heavy atom. The monoisotopic (exact) mass is 390 g/mol. The lowest BCUT2D eigenvalue weighted by atomic mass is 9.96. The van der Waals surface area contributed by atoms with Gasteiger partial charge in [-0.3, -0.25) is 9.59 Å². The van der Waals surface area contributed by atoms with Gasteiger partial charge >= 0.3 is 6.16 Å². The number of unbranched alkanes of at least 4 members (excludes halogenated alkanes) is 1. The summed E-state index contributed by atoms with van der Waals surface area (Å²) in [5.41, 5.74) is 0.503. The number of nitrogens with zero attached hydrogens (tertiary/aromatic N) is 1. The van der Waals surface area contributed by atoms with E-state index in [0.29, 0.717) is 30.2 Å². The molecule has 1 N–H and O–H groups in total. The summed E-state index contributed by atoms with van der Waals surface area (Å²) >= 11 is 0. The second kappa shape index (κ2) is 11.3. The number of likely N-dealkylation sites (tertiary alicyclic amines) is 1. The number of hydrogen-bond donors (Lipinski definition) is 1. The Hall–Kier alpha value is -2.57. The summed E-state index contributed by atoms with van der Waals surface area (Å²) < 4.78 is 9.68. The summed E-state index contributed by atoms with van der Waals surface area (Å²) in [6.45, 7) is 6.15. The summed E-state index contributed by atoms with van der Waals surface area (Å²) in [5.74, 6) is 0.791. The second-order valence-corrected chi connectivity index (χ2v) is 6.95. The number of carbonyl (C=O) groups excluding carboxylic acids is 3. The summed E-state index contributed by atoms with van der Waals surface area (Å²) in [4.78, 5) is 37.6. The molecule has 0 spiro atoms. The van der Waals surface area contributed by atoms with Crippen molar-refractivity contribution in [3.63, 3.8) is 0 Å². The van der Waals surface area contributed by atoms with Gasteiger partial charge in [-0.2, -0.15) is 0 Å². The van der Waals surface area contributed by atoms with Crippen molar-refractivity contribution in [1.29, 1.82) is 0 Å². The van der Waals surface area contributed by atoms with Gasteiger partial charge in [0.05, 0.1) is 6.61 Å². The van der Waals surface area contributed by atoms with Crippen molar-refractivity contribution in [2.45, 2.75) is 46.0 Å². The van der Waals surface area contributed by atoms with E-state index in [1.807, 2.05) is 4.90 Å². The normalized spacial score (nSPS) is 14.4. The van der Waals surface area contributed by atoms with Gasteiger partial charge in [0, 0.05) is 31.6 Å². The predicted octanol–water partition coefficient (Wildman–Crippen LogP) is 3.38. The molecule has 7 heteroatoms. The molecule has 2 amide bonds. The standard InChI is InChI=1S/C21H30N2O5/c1-3-5-6-19(24)23-13-11-16(12-14-23)15-22-20(25)17-7-9-18(10-8-17)28-21(26)27-4-2/h7-10,16H,3-6,11-15H2,1-2H3,(H,22,25). The van der Waals surface area contributed by atoms with E-state index in [4.69, 9.17) is 9.47 Å². The fourth-order valence-electron chi connectivity index (χ4n) is 3.13. The van der Waals surface area contributed by atoms with Gasteiger partial charge in [-0.25, -0.2) is 4.79 Å². The lowest BCUT2D eigenvalue weighted by molar-refractivity contribution is -0.132. The predicted molar refractivity (Wildman–Crippen MR) is 105 cm³/mol. The highest BCUT2D eigenvalue weighted by Crippen LogP contribution is 2.18. The van der Waals surface area contributed by atoms with E-state index in [2.05, 4.69) is 12.2 Å². The smallest absolute Gasteiger partial charge is 0.434 e. The Balaban J connectivity index is 1.72. The third-order valence-corrected chi connectivity index (χ3v) is 4.84. The first-order valence-electron chi connectivity index (χ1n) is 10.0. The van der Waals surface area contributed by atoms with Gasteiger partial charge in [0.1, 0.15) is 5.75 Å². The molecule has 1 aromatic carbocycles. The van der Waals surface area contributed by atoms with Crippen LogP contribution in [0.25, 0.3) is 0 Å². The van der Waals surface area contributed by atoms with Gasteiger partial charge in [0.2, 0.25) is 5.91 Å². The molecule has 1 aromatic rings. The molecule has 0 atom stereocenters. The Morgan fingerprint density at radius 2 is 1.79 bits per heavy atom. The number of hydrogen-bond acceptors (Lipinski definition) is 5. The van der Waals surface area contributed by atoms with Crippen LogP contribution in [0, 0.1) is 5.92 Å². The fourth-order valence-corrected chi connectivity index (χ4v) is 3.13. The highest BCUT2D eigenvalue weighted by atomic mass is 16.7. The first kappa shape index (κ1) is 21.7. The minimum absolute atomic E-state index is 0.163. The zero-order valence-corrected chi connectivity index (χ0v) is 16.7. The maximum Gasteiger partial charge on any atom is 0.513 e. The van der Waals surface area contributed by atoms with Crippen LogP contribution in [0.1, 0.15) is 56.3 Å². The molecular formula is C21H30N2O5. The molecule has 28 heavy (non-hydrogen) atoms. The van der Waals surface area contributed by atoms with E-state index in [1.54, 1.807) is 31.2 Å². The Bertz CT molecular complexity index is 651. The van der Waals surface area contributed by atoms with Crippen molar-refractivity contribution in [3.05, 3.63) is 29.8 Å². The minimum Gasteiger partial charge on any atom is -0.434 e. The average molecular weight is 390 g/mol. The minimum atomic E-state index is -0.765. The quantitative estimate of drug-likeness (QED) is 0.543. The molecule has 0 radical (unpaired) electrons. The van der Waals surface area contributed by atoms with Gasteiger partial charge in [-0.05, 0) is 56.4 Å². The third kappa shape index (κ3) is 6.87. The van der Waals surface area contributed by atoms with E-state index in [1.165, 1.54) is 0 Å². The third-order valence-electron chi connectivity index (χ3n) is 4.84. The molecule has 0 unspecified atom stereocenters. The Morgan fingerprint density at radius 3 is 2.39 bits per heavy atom. The summed E-state index contributed by atoms with van der Waals surface area (Å²) in [6, 6.07) is 6.34. The maximum atomic E-state index is 12.3. The molecule has 0 aliphatic carbocycles. The van der Waals surface area contributed by atoms with Crippen molar-refractivity contribution in [1.82, 2.24) is 10.2 Å². The van der Waals surface area contributed by atoms with Crippen LogP contribution in [-0.2, 0) is 9.53 Å². The number of benzene rings is 1. The Kier molecular flexibility index (Phi) is 8.78. The highest BCUT2D eigenvalue weighted by Gasteiger charge is 2.22. The number of rotatable bonds is 8. The van der Waals surface area contributed by atoms with Crippen molar-refractivity contribution in [2.75, 3.05) is 26.2 Å². The second-order valence-electron chi connectivity index (χ2n) is 6.95. The molecule has 0 bridgehead atoms. The van der Waals surface area contributed by atoms with Crippen LogP contribution in [0.3, 0.4) is 0 Å². The summed E-state index contributed by atoms with van der Waals surface area (Å²) in [6.07, 6.45) is 3.66. The molecule has 1 saturated heterocycles. The zero-order valence-electron chi connectivity index (χ0n) is 16.7. The largest absolute Gasteiger partial charge is 0.513 e. The number of amides is 2. The summed E-state index contributed by atoms with van der Waals surface area (Å²) in [5, 5.41) is 2.95. The SMILES string of the molecule is CCCCC(=O)N1CCC(CNC(=O)c2ccc(OC(=O)OCC)cc2)CC1. The van der Waals surface area contributed by atoms with Crippen LogP contribution in [0.15, 0.2) is 24.3 Å². The Labute approximate surface area is 166 Å². The van der Waals surface area contributed by atoms with Crippen LogP contribution in [0.4, 0.5) is 4.79 Å². The number of ether oxygens (including phenoxy) is 2. The topological polar surface area (TPSA) is 84.9 Å². The van der Waals surface area contributed by atoms with Crippen LogP contribution >= 0.6 is 0 Å². The number of nitrogens with one attached hydrogen (secondary N) is 1. The number of piperidine rings is 1. The van der Waals surface area contributed by atoms with Crippen LogP contribution in [0.5, 0.6) is 5.75 Å². The van der Waals surface area contributed by atoms with Crippen LogP contribution in [-0.4, -0.2) is 49.1 Å². The van der Waals surface area contributed by atoms with Crippen molar-refractivity contribution >= 4 is 18.0 Å². The van der Waals surface area contributed by atoms with Crippen molar-refractivity contribution in [3.8, 4) is 5.75 Å². The lowest BCUT2D eigenvalue weighted by Crippen LogP contribution is -2.41. The fraction of sp³-hybridized carbons (Fsp3) is 0.571. The highest BCUT2D eigenvalue weighted by molar-refractivity contribution is 5.94. The van der Waals surface area contributed by atoms with E-state index < -0.39 is 6.16 Å². The molecule has 1 fully saturated rings. The first-order valence-corrected chi connectivity index (χ1v) is 10.0. The van der Waals surface area contributed by atoms with E-state index in [-0.39, 0.29) is 18.4 Å². The molecular weight excluding hydrogens is 360 g/mol. The maximum absolute atomic E-state index is 12.3. The van der Waals surface area contributed by atoms with Gasteiger partial charge in [-0.1, -0.05) is 13.3 Å². The molecule has 0 saturated carbocycles. The van der Waals surface area contributed by atoms with Crippen LogP contribution in [0.2, 0.25) is 0 Å². The molecule has 7 nitrogen and oxygen atoms in total. The molecule has 2 rings (SSSR count). The van der Waals surface area contributed by atoms with Crippen molar-refractivity contribution < 1.29 is 23.9 Å². The van der Waals surface area contributed by atoms with Crippen LogP contribution < -0.4 is 10.1 Å². The zero-order chi connectivity index (χ0) is 20.4. The van der Waals surface area contributed by atoms with Gasteiger partial charge < -0.3 is 19.7 Å².